The zero-order valence-electron chi connectivity index (χ0n) is 14.6. The van der Waals surface area contributed by atoms with Crippen LogP contribution in [0.5, 0.6) is 0 Å². The number of rotatable bonds is 14. The van der Waals surface area contributed by atoms with Crippen molar-refractivity contribution in [3.8, 4) is 0 Å². The molecule has 9 heteroatoms. The summed E-state index contributed by atoms with van der Waals surface area (Å²) in [7, 11) is -4.95. The number of aliphatic carboxylic acids is 1. The summed E-state index contributed by atoms with van der Waals surface area (Å²) in [5.74, 6) is -4.09. The van der Waals surface area contributed by atoms with Crippen LogP contribution in [0.15, 0.2) is 0 Å². The van der Waals surface area contributed by atoms with E-state index in [2.05, 4.69) is 11.7 Å². The fourth-order valence-corrected chi connectivity index (χ4v) is 2.92. The van der Waals surface area contributed by atoms with Gasteiger partial charge >= 0.3 is 17.9 Å². The van der Waals surface area contributed by atoms with Crippen LogP contribution in [0.4, 0.5) is 0 Å². The fraction of sp³-hybridized carbons (Fsp3) is 0.812. The second-order valence-electron chi connectivity index (χ2n) is 5.97. The maximum atomic E-state index is 11.6. The molecule has 0 aromatic rings. The van der Waals surface area contributed by atoms with Gasteiger partial charge in [0.05, 0.1) is 6.42 Å². The molecule has 0 rings (SSSR count). The summed E-state index contributed by atoms with van der Waals surface area (Å²) in [4.78, 5) is 33.6. The summed E-state index contributed by atoms with van der Waals surface area (Å²) in [6, 6.07) is 0. The maximum Gasteiger partial charge on any atom is 0.335 e. The number of hydrogen-bond acceptors (Lipinski definition) is 6. The molecule has 2 N–H and O–H groups in total. The van der Waals surface area contributed by atoms with Crippen molar-refractivity contribution in [1.82, 2.24) is 0 Å². The predicted octanol–water partition coefficient (Wildman–Crippen LogP) is 2.71. The van der Waals surface area contributed by atoms with Gasteiger partial charge in [-0.15, -0.1) is 0 Å². The quantitative estimate of drug-likeness (QED) is 0.203. The van der Waals surface area contributed by atoms with E-state index in [0.717, 1.165) is 25.7 Å². The topological polar surface area (TPSA) is 135 Å². The van der Waals surface area contributed by atoms with Crippen LogP contribution >= 0.6 is 0 Å². The number of ether oxygens (including phenoxy) is 1. The van der Waals surface area contributed by atoms with Crippen molar-refractivity contribution in [3.63, 3.8) is 0 Å². The molecule has 25 heavy (non-hydrogen) atoms. The molecule has 0 aliphatic heterocycles. The summed E-state index contributed by atoms with van der Waals surface area (Å²) in [6.45, 7) is 2.16. The van der Waals surface area contributed by atoms with E-state index in [-0.39, 0.29) is 6.42 Å². The van der Waals surface area contributed by atoms with Crippen molar-refractivity contribution in [2.45, 2.75) is 82.8 Å². The highest BCUT2D eigenvalue weighted by atomic mass is 32.2. The Bertz CT molecular complexity index is 526. The van der Waals surface area contributed by atoms with Crippen molar-refractivity contribution in [3.05, 3.63) is 0 Å². The van der Waals surface area contributed by atoms with E-state index in [4.69, 9.17) is 9.66 Å². The second-order valence-corrected chi connectivity index (χ2v) is 7.57. The number of esters is 2. The molecular weight excluding hydrogens is 352 g/mol. The smallest absolute Gasteiger partial charge is 0.335 e. The van der Waals surface area contributed by atoms with Gasteiger partial charge in [0.2, 0.25) is 0 Å². The molecule has 146 valence electrons. The molecule has 0 spiro atoms. The fourth-order valence-electron chi connectivity index (χ4n) is 2.28. The van der Waals surface area contributed by atoms with E-state index in [1.807, 2.05) is 0 Å². The van der Waals surface area contributed by atoms with Crippen LogP contribution in [0.25, 0.3) is 0 Å². The Morgan fingerprint density at radius 2 is 1.40 bits per heavy atom. The van der Waals surface area contributed by atoms with Crippen molar-refractivity contribution in [2.24, 2.45) is 0 Å². The van der Waals surface area contributed by atoms with Crippen LogP contribution < -0.4 is 0 Å². The highest BCUT2D eigenvalue weighted by Gasteiger charge is 2.36. The van der Waals surface area contributed by atoms with E-state index >= 15 is 0 Å². The van der Waals surface area contributed by atoms with Crippen molar-refractivity contribution < 1.29 is 37.2 Å². The highest BCUT2D eigenvalue weighted by molar-refractivity contribution is 7.87. The van der Waals surface area contributed by atoms with Crippen molar-refractivity contribution in [2.75, 3.05) is 0 Å². The molecule has 0 radical (unpaired) electrons. The van der Waals surface area contributed by atoms with Crippen LogP contribution in [0, 0.1) is 0 Å². The summed E-state index contributed by atoms with van der Waals surface area (Å²) in [5.41, 5.74) is 0. The number of carbonyl (C=O) groups is 3. The summed E-state index contributed by atoms with van der Waals surface area (Å²) >= 11 is 0. The third-order valence-electron chi connectivity index (χ3n) is 3.68. The second kappa shape index (κ2) is 12.8. The third-order valence-corrected chi connectivity index (χ3v) is 4.76. The lowest BCUT2D eigenvalue weighted by Crippen LogP contribution is -2.35. The van der Waals surface area contributed by atoms with Gasteiger partial charge in [-0.25, -0.2) is 0 Å². The minimum absolute atomic E-state index is 0.0627. The van der Waals surface area contributed by atoms with Gasteiger partial charge in [-0.1, -0.05) is 58.3 Å². The maximum absolute atomic E-state index is 11.6. The molecule has 0 aromatic heterocycles. The molecule has 0 saturated carbocycles. The van der Waals surface area contributed by atoms with Crippen LogP contribution in [-0.2, 0) is 29.2 Å². The van der Waals surface area contributed by atoms with Crippen molar-refractivity contribution in [1.29, 1.82) is 0 Å². The normalized spacial score (nSPS) is 12.6. The van der Waals surface area contributed by atoms with E-state index < -0.39 is 39.7 Å². The largest absolute Gasteiger partial charge is 0.481 e. The molecule has 0 bridgehead atoms. The van der Waals surface area contributed by atoms with Crippen LogP contribution in [0.2, 0.25) is 0 Å². The van der Waals surface area contributed by atoms with Gasteiger partial charge in [-0.3, -0.25) is 18.9 Å². The standard InChI is InChI=1S/C16H28O8S/c1-2-3-4-5-6-7-8-9-10-11-15(19)24-16(20)13(12-14(17)18)25(21,22)23/h13H,2-12H2,1H3,(H,17,18)(H,21,22,23). The summed E-state index contributed by atoms with van der Waals surface area (Å²) in [5, 5.41) is 6.26. The molecule has 0 fully saturated rings. The van der Waals surface area contributed by atoms with Gasteiger partial charge in [0, 0.05) is 6.42 Å². The van der Waals surface area contributed by atoms with Gasteiger partial charge in [0.1, 0.15) is 0 Å². The molecule has 0 aliphatic rings. The van der Waals surface area contributed by atoms with Gasteiger partial charge in [-0.05, 0) is 6.42 Å². The molecular formula is C16H28O8S. The predicted molar refractivity (Wildman–Crippen MR) is 90.5 cm³/mol. The zero-order valence-corrected chi connectivity index (χ0v) is 15.4. The number of unbranched alkanes of at least 4 members (excludes halogenated alkanes) is 8. The molecule has 1 atom stereocenters. The van der Waals surface area contributed by atoms with Crippen LogP contribution in [0.1, 0.15) is 77.6 Å². The monoisotopic (exact) mass is 380 g/mol. The van der Waals surface area contributed by atoms with E-state index in [0.29, 0.717) is 6.42 Å². The Kier molecular flexibility index (Phi) is 12.1. The first-order valence-electron chi connectivity index (χ1n) is 8.61. The molecule has 0 aromatic carbocycles. The Balaban J connectivity index is 4.00. The Morgan fingerprint density at radius 3 is 1.84 bits per heavy atom. The lowest BCUT2D eigenvalue weighted by Gasteiger charge is -2.10. The summed E-state index contributed by atoms with van der Waals surface area (Å²) < 4.78 is 35.2. The van der Waals surface area contributed by atoms with E-state index in [1.54, 1.807) is 0 Å². The number of carbonyl (C=O) groups excluding carboxylic acids is 2. The molecule has 0 saturated heterocycles. The minimum Gasteiger partial charge on any atom is -0.481 e. The molecule has 8 nitrogen and oxygen atoms in total. The first-order chi connectivity index (χ1) is 11.7. The molecule has 0 amide bonds. The number of carboxylic acids is 1. The Labute approximate surface area is 148 Å². The minimum atomic E-state index is -4.95. The Morgan fingerprint density at radius 1 is 0.920 bits per heavy atom. The average molecular weight is 380 g/mol. The lowest BCUT2D eigenvalue weighted by atomic mass is 10.1. The highest BCUT2D eigenvalue weighted by Crippen LogP contribution is 2.12. The van der Waals surface area contributed by atoms with Gasteiger partial charge in [0.25, 0.3) is 10.1 Å². The zero-order chi connectivity index (χ0) is 19.3. The molecule has 0 heterocycles. The number of hydrogen-bond donors (Lipinski definition) is 2. The van der Waals surface area contributed by atoms with Gasteiger partial charge in [-0.2, -0.15) is 8.42 Å². The molecule has 0 aliphatic carbocycles. The summed E-state index contributed by atoms with van der Waals surface area (Å²) in [6.07, 6.45) is 8.11. The average Bonchev–Trinajstić information content (AvgIpc) is 2.49. The van der Waals surface area contributed by atoms with Gasteiger partial charge in [0.15, 0.2) is 5.25 Å². The molecule has 1 unspecified atom stereocenters. The lowest BCUT2D eigenvalue weighted by molar-refractivity contribution is -0.160. The first kappa shape index (κ1) is 23.5. The van der Waals surface area contributed by atoms with Crippen LogP contribution in [0.3, 0.4) is 0 Å². The number of carboxylic acid groups (broad SMARTS) is 1. The van der Waals surface area contributed by atoms with Crippen molar-refractivity contribution >= 4 is 28.0 Å². The van der Waals surface area contributed by atoms with E-state index in [9.17, 15) is 22.8 Å². The van der Waals surface area contributed by atoms with Crippen LogP contribution in [-0.4, -0.2) is 41.2 Å². The SMILES string of the molecule is CCCCCCCCCCCC(=O)OC(=O)C(CC(=O)O)S(=O)(=O)O. The Hall–Kier alpha value is -1.48. The first-order valence-corrected chi connectivity index (χ1v) is 10.1. The van der Waals surface area contributed by atoms with E-state index in [1.165, 1.54) is 25.7 Å². The third kappa shape index (κ3) is 12.5. The van der Waals surface area contributed by atoms with Gasteiger partial charge < -0.3 is 9.84 Å².